The van der Waals surface area contributed by atoms with Gasteiger partial charge < -0.3 is 19.8 Å². The summed E-state index contributed by atoms with van der Waals surface area (Å²) in [6.45, 7) is 5.57. The van der Waals surface area contributed by atoms with Crippen molar-refractivity contribution in [2.75, 3.05) is 5.32 Å². The summed E-state index contributed by atoms with van der Waals surface area (Å²) in [6.07, 6.45) is 0. The molecule has 0 aliphatic carbocycles. The number of anilines is 1. The van der Waals surface area contributed by atoms with Gasteiger partial charge in [0, 0.05) is 28.8 Å². The largest absolute Gasteiger partial charge is 0.450 e. The fraction of sp³-hybridized carbons (Fsp3) is 0.250. The highest BCUT2D eigenvalue weighted by Gasteiger charge is 2.21. The molecular weight excluding hydrogens is 429 g/mol. The molecule has 0 unspecified atom stereocenters. The Morgan fingerprint density at radius 1 is 1.03 bits per heavy atom. The van der Waals surface area contributed by atoms with Gasteiger partial charge in [0.1, 0.15) is 11.4 Å². The average molecular weight is 448 g/mol. The van der Waals surface area contributed by atoms with E-state index in [1.807, 2.05) is 20.8 Å². The monoisotopic (exact) mass is 447 g/mol. The number of halogens is 1. The minimum atomic E-state index is -3.13. The quantitative estimate of drug-likeness (QED) is 0.339. The zero-order valence-corrected chi connectivity index (χ0v) is 17.3. The Morgan fingerprint density at radius 2 is 1.59 bits per heavy atom. The Hall–Kier alpha value is -2.72. The molecular formula is C16H19ClN3O8P. The second-order valence-electron chi connectivity index (χ2n) is 6.56. The molecule has 2 aromatic carbocycles. The van der Waals surface area contributed by atoms with E-state index in [1.165, 1.54) is 36.4 Å². The van der Waals surface area contributed by atoms with Crippen molar-refractivity contribution in [3.63, 3.8) is 0 Å². The fourth-order valence-corrected chi connectivity index (χ4v) is 2.25. The summed E-state index contributed by atoms with van der Waals surface area (Å²) in [5, 5.41) is 25.5. The van der Waals surface area contributed by atoms with E-state index < -0.39 is 23.6 Å². The predicted octanol–water partition coefficient (Wildman–Crippen LogP) is 4.52. The highest BCUT2D eigenvalue weighted by atomic mass is 35.5. The molecule has 0 saturated carbocycles. The normalized spacial score (nSPS) is 10.7. The molecule has 158 valence electrons. The first-order valence-corrected chi connectivity index (χ1v) is 9.58. The van der Waals surface area contributed by atoms with Gasteiger partial charge in [-0.2, -0.15) is 0 Å². The highest BCUT2D eigenvalue weighted by molar-refractivity contribution is 7.30. The van der Waals surface area contributed by atoms with E-state index in [0.29, 0.717) is 0 Å². The van der Waals surface area contributed by atoms with Crippen molar-refractivity contribution < 1.29 is 28.9 Å². The summed E-state index contributed by atoms with van der Waals surface area (Å²) >= 11 is 5.77. The highest BCUT2D eigenvalue weighted by Crippen LogP contribution is 2.37. The van der Waals surface area contributed by atoms with Crippen LogP contribution in [0.15, 0.2) is 36.4 Å². The average Bonchev–Trinajstić information content (AvgIpc) is 2.54. The first-order chi connectivity index (χ1) is 13.3. The van der Waals surface area contributed by atoms with Crippen molar-refractivity contribution in [3.05, 3.63) is 61.6 Å². The molecule has 0 heterocycles. The molecule has 2 rings (SSSR count). The van der Waals surface area contributed by atoms with Gasteiger partial charge in [0.25, 0.3) is 5.69 Å². The van der Waals surface area contributed by atoms with Crippen LogP contribution < -0.4 is 10.1 Å². The van der Waals surface area contributed by atoms with E-state index in [2.05, 4.69) is 5.32 Å². The third-order valence-electron chi connectivity index (χ3n) is 3.02. The molecule has 0 fully saturated rings. The molecule has 0 aliphatic rings. The van der Waals surface area contributed by atoms with Crippen LogP contribution in [0.1, 0.15) is 20.8 Å². The summed E-state index contributed by atoms with van der Waals surface area (Å²) in [5.74, 6) is 0.215. The van der Waals surface area contributed by atoms with Gasteiger partial charge in [0.15, 0.2) is 0 Å². The number of benzene rings is 2. The maximum absolute atomic E-state index is 11.2. The summed E-state index contributed by atoms with van der Waals surface area (Å²) < 4.78 is 14.3. The van der Waals surface area contributed by atoms with E-state index in [1.54, 1.807) is 0 Å². The van der Waals surface area contributed by atoms with Crippen molar-refractivity contribution in [2.45, 2.75) is 26.3 Å². The van der Waals surface area contributed by atoms with Crippen LogP contribution >= 0.6 is 19.9 Å². The van der Waals surface area contributed by atoms with Crippen LogP contribution in [0.25, 0.3) is 0 Å². The minimum Gasteiger partial charge on any atom is -0.450 e. The second-order valence-corrected chi connectivity index (χ2v) is 7.57. The van der Waals surface area contributed by atoms with Gasteiger partial charge in [-0.3, -0.25) is 24.8 Å². The van der Waals surface area contributed by atoms with Crippen LogP contribution in [0.5, 0.6) is 11.5 Å². The number of nitro benzene ring substituents is 2. The van der Waals surface area contributed by atoms with Crippen LogP contribution in [0.4, 0.5) is 17.1 Å². The van der Waals surface area contributed by atoms with E-state index in [9.17, 15) is 20.2 Å². The van der Waals surface area contributed by atoms with Gasteiger partial charge in [-0.05, 0) is 39.0 Å². The molecule has 0 aromatic heterocycles. The van der Waals surface area contributed by atoms with Crippen molar-refractivity contribution in [1.82, 2.24) is 0 Å². The number of rotatable bonds is 5. The topological polar surface area (TPSA) is 165 Å². The lowest BCUT2D eigenvalue weighted by molar-refractivity contribution is -0.385. The fourth-order valence-electron chi connectivity index (χ4n) is 2.09. The van der Waals surface area contributed by atoms with E-state index in [0.717, 1.165) is 0 Å². The lowest BCUT2D eigenvalue weighted by Gasteiger charge is -2.22. The standard InChI is InChI=1S/C16H16ClN3O5.H3O3P/c1-16(2,3)18-12-9-11(5-6-13(12)19(21)22)25-15-7-4-10(17)8-14(15)20(23)24;1-4(2)3/h4-9,18H,1-3H3;4H,(H2,1,2,3). The number of nitro groups is 2. The number of hydrogen-bond acceptors (Lipinski definition) is 7. The first-order valence-electron chi connectivity index (χ1n) is 7.90. The summed E-state index contributed by atoms with van der Waals surface area (Å²) in [6, 6.07) is 8.11. The lowest BCUT2D eigenvalue weighted by Crippen LogP contribution is -2.26. The van der Waals surface area contributed by atoms with Crippen LogP contribution in [-0.4, -0.2) is 25.2 Å². The van der Waals surface area contributed by atoms with Gasteiger partial charge in [-0.25, -0.2) is 0 Å². The van der Waals surface area contributed by atoms with Crippen LogP contribution in [0.3, 0.4) is 0 Å². The van der Waals surface area contributed by atoms with E-state index in [4.69, 9.17) is 30.7 Å². The van der Waals surface area contributed by atoms with Crippen molar-refractivity contribution in [3.8, 4) is 11.5 Å². The molecule has 0 aliphatic heterocycles. The molecule has 3 N–H and O–H groups in total. The Labute approximate surface area is 171 Å². The number of ether oxygens (including phenoxy) is 1. The van der Waals surface area contributed by atoms with Crippen molar-refractivity contribution >= 4 is 36.9 Å². The second kappa shape index (κ2) is 10.2. The third-order valence-corrected chi connectivity index (χ3v) is 3.25. The van der Waals surface area contributed by atoms with Gasteiger partial charge in [-0.1, -0.05) is 11.6 Å². The molecule has 0 radical (unpaired) electrons. The van der Waals surface area contributed by atoms with Gasteiger partial charge in [0.05, 0.1) is 9.85 Å². The number of nitrogens with zero attached hydrogens (tertiary/aromatic N) is 2. The molecule has 0 amide bonds. The SMILES string of the molecule is CC(C)(C)Nc1cc(Oc2ccc(Cl)cc2[N+](=O)[O-])ccc1[N+](=O)[O-].O=[PH](O)O. The molecule has 29 heavy (non-hydrogen) atoms. The Kier molecular flexibility index (Phi) is 8.53. The van der Waals surface area contributed by atoms with Gasteiger partial charge in [-0.15, -0.1) is 0 Å². The van der Waals surface area contributed by atoms with Crippen LogP contribution in [0, 0.1) is 20.2 Å². The molecule has 0 saturated heterocycles. The molecule has 0 bridgehead atoms. The molecule has 0 atom stereocenters. The maximum atomic E-state index is 11.2. The molecule has 13 heteroatoms. The summed E-state index contributed by atoms with van der Waals surface area (Å²) in [5.41, 5.74) is -0.578. The zero-order valence-electron chi connectivity index (χ0n) is 15.6. The Morgan fingerprint density at radius 3 is 2.07 bits per heavy atom. The number of hydrogen-bond donors (Lipinski definition) is 3. The Balaban J connectivity index is 0.000000960. The number of nitrogens with one attached hydrogen (secondary N) is 1. The molecule has 11 nitrogen and oxygen atoms in total. The summed E-state index contributed by atoms with van der Waals surface area (Å²) in [7, 11) is -3.13. The lowest BCUT2D eigenvalue weighted by atomic mass is 10.1. The molecule has 2 aromatic rings. The van der Waals surface area contributed by atoms with E-state index >= 15 is 0 Å². The molecule has 0 spiro atoms. The van der Waals surface area contributed by atoms with Crippen molar-refractivity contribution in [1.29, 1.82) is 0 Å². The zero-order chi connectivity index (χ0) is 22.4. The predicted molar refractivity (Wildman–Crippen MR) is 108 cm³/mol. The maximum Gasteiger partial charge on any atom is 0.314 e. The van der Waals surface area contributed by atoms with Gasteiger partial charge >= 0.3 is 13.9 Å². The first kappa shape index (κ1) is 24.3. The minimum absolute atomic E-state index is 0.00929. The Bertz CT molecular complexity index is 929. The smallest absolute Gasteiger partial charge is 0.314 e. The van der Waals surface area contributed by atoms with Crippen LogP contribution in [-0.2, 0) is 4.57 Å². The van der Waals surface area contributed by atoms with Crippen molar-refractivity contribution in [2.24, 2.45) is 0 Å². The summed E-state index contributed by atoms with van der Waals surface area (Å²) in [4.78, 5) is 35.5. The third kappa shape index (κ3) is 8.44. The van der Waals surface area contributed by atoms with Gasteiger partial charge in [0.2, 0.25) is 5.75 Å². The van der Waals surface area contributed by atoms with E-state index in [-0.39, 0.29) is 33.6 Å². The van der Waals surface area contributed by atoms with Crippen LogP contribution in [0.2, 0.25) is 5.02 Å².